The first-order valence-corrected chi connectivity index (χ1v) is 7.06. The summed E-state index contributed by atoms with van der Waals surface area (Å²) in [5.41, 5.74) is 3.73. The first-order chi connectivity index (χ1) is 10.1. The molecule has 0 aliphatic rings. The van der Waals surface area contributed by atoms with E-state index in [0.29, 0.717) is 5.52 Å². The molecule has 0 saturated carbocycles. The Bertz CT molecular complexity index is 773. The summed E-state index contributed by atoms with van der Waals surface area (Å²) in [6, 6.07) is 13.1. The average Bonchev–Trinajstić information content (AvgIpc) is 2.85. The van der Waals surface area contributed by atoms with Crippen molar-refractivity contribution in [2.45, 2.75) is 19.9 Å². The van der Waals surface area contributed by atoms with Gasteiger partial charge in [-0.2, -0.15) is 0 Å². The lowest BCUT2D eigenvalue weighted by Gasteiger charge is -2.13. The normalized spacial score (nSPS) is 11.3. The number of imidazole rings is 1. The van der Waals surface area contributed by atoms with E-state index in [1.54, 1.807) is 6.07 Å². The highest BCUT2D eigenvalue weighted by molar-refractivity contribution is 5.81. The number of hydrogen-bond acceptors (Lipinski definition) is 2. The van der Waals surface area contributed by atoms with Gasteiger partial charge in [0, 0.05) is 30.4 Å². The largest absolute Gasteiger partial charge is 0.388 e. The van der Waals surface area contributed by atoms with Crippen molar-refractivity contribution in [3.63, 3.8) is 0 Å². The van der Waals surface area contributed by atoms with Crippen LogP contribution in [-0.4, -0.2) is 16.6 Å². The van der Waals surface area contributed by atoms with Crippen LogP contribution < -0.4 is 5.32 Å². The van der Waals surface area contributed by atoms with Gasteiger partial charge in [-0.1, -0.05) is 0 Å². The zero-order chi connectivity index (χ0) is 15.0. The number of rotatable bonds is 3. The molecule has 3 nitrogen and oxygen atoms in total. The topological polar surface area (TPSA) is 29.9 Å². The van der Waals surface area contributed by atoms with Crippen LogP contribution in [0.4, 0.5) is 10.1 Å². The monoisotopic (exact) mass is 283 g/mol. The van der Waals surface area contributed by atoms with E-state index in [2.05, 4.69) is 28.7 Å². The van der Waals surface area contributed by atoms with Crippen molar-refractivity contribution in [1.82, 2.24) is 9.55 Å². The third kappa shape index (κ3) is 2.37. The van der Waals surface area contributed by atoms with E-state index in [9.17, 15) is 4.39 Å². The average molecular weight is 283 g/mol. The van der Waals surface area contributed by atoms with Crippen LogP contribution >= 0.6 is 0 Å². The maximum absolute atomic E-state index is 13.4. The second-order valence-electron chi connectivity index (χ2n) is 5.36. The number of nitrogens with zero attached hydrogens (tertiary/aromatic N) is 2. The van der Waals surface area contributed by atoms with E-state index in [-0.39, 0.29) is 11.9 Å². The molecule has 1 aromatic heterocycles. The van der Waals surface area contributed by atoms with Crippen molar-refractivity contribution in [3.05, 3.63) is 48.3 Å². The number of nitrogens with one attached hydrogen (secondary N) is 1. The summed E-state index contributed by atoms with van der Waals surface area (Å²) >= 11 is 0. The second-order valence-corrected chi connectivity index (χ2v) is 5.36. The standard InChI is InChI=1S/C17H18FN3/c1-11(2)21-16-9-6-13(18)10-15(16)20-17(21)12-4-7-14(19-3)8-5-12/h4-11,19H,1-3H3. The van der Waals surface area contributed by atoms with Gasteiger partial charge in [0.1, 0.15) is 11.6 Å². The quantitative estimate of drug-likeness (QED) is 0.769. The molecule has 1 N–H and O–H groups in total. The Morgan fingerprint density at radius 3 is 2.43 bits per heavy atom. The van der Waals surface area contributed by atoms with E-state index in [1.807, 2.05) is 31.3 Å². The molecule has 3 aromatic rings. The summed E-state index contributed by atoms with van der Waals surface area (Å²) in [5.74, 6) is 0.612. The van der Waals surface area contributed by atoms with Crippen LogP contribution in [0.15, 0.2) is 42.5 Å². The van der Waals surface area contributed by atoms with Crippen LogP contribution in [0.25, 0.3) is 22.4 Å². The summed E-state index contributed by atoms with van der Waals surface area (Å²) in [6.07, 6.45) is 0. The van der Waals surface area contributed by atoms with Gasteiger partial charge in [-0.3, -0.25) is 0 Å². The fourth-order valence-corrected chi connectivity index (χ4v) is 2.58. The van der Waals surface area contributed by atoms with Gasteiger partial charge in [-0.25, -0.2) is 9.37 Å². The minimum Gasteiger partial charge on any atom is -0.388 e. The lowest BCUT2D eigenvalue weighted by Crippen LogP contribution is -2.03. The van der Waals surface area contributed by atoms with E-state index in [0.717, 1.165) is 22.6 Å². The first kappa shape index (κ1) is 13.6. The fraction of sp³-hybridized carbons (Fsp3) is 0.235. The zero-order valence-electron chi connectivity index (χ0n) is 12.4. The van der Waals surface area contributed by atoms with Gasteiger partial charge in [0.25, 0.3) is 0 Å². The third-order valence-corrected chi connectivity index (χ3v) is 3.60. The highest BCUT2D eigenvalue weighted by atomic mass is 19.1. The molecule has 0 aliphatic heterocycles. The van der Waals surface area contributed by atoms with Crippen LogP contribution in [-0.2, 0) is 0 Å². The molecular weight excluding hydrogens is 265 g/mol. The van der Waals surface area contributed by atoms with Crippen LogP contribution in [0.3, 0.4) is 0 Å². The molecule has 1 heterocycles. The summed E-state index contributed by atoms with van der Waals surface area (Å²) in [5, 5.41) is 3.10. The Hall–Kier alpha value is -2.36. The van der Waals surface area contributed by atoms with Crippen LogP contribution in [0.1, 0.15) is 19.9 Å². The Labute approximate surface area is 123 Å². The Kier molecular flexibility index (Phi) is 3.37. The Morgan fingerprint density at radius 2 is 1.81 bits per heavy atom. The summed E-state index contributed by atoms with van der Waals surface area (Å²) in [7, 11) is 1.89. The minimum absolute atomic E-state index is 0.249. The van der Waals surface area contributed by atoms with Crippen LogP contribution in [0, 0.1) is 5.82 Å². The van der Waals surface area contributed by atoms with Gasteiger partial charge in [-0.15, -0.1) is 0 Å². The number of fused-ring (bicyclic) bond motifs is 1. The molecule has 21 heavy (non-hydrogen) atoms. The van der Waals surface area contributed by atoms with E-state index >= 15 is 0 Å². The molecule has 0 aliphatic carbocycles. The van der Waals surface area contributed by atoms with Gasteiger partial charge >= 0.3 is 0 Å². The summed E-state index contributed by atoms with van der Waals surface area (Å²) in [4.78, 5) is 4.62. The predicted octanol–water partition coefficient (Wildman–Crippen LogP) is 4.47. The molecule has 0 spiro atoms. The lowest BCUT2D eigenvalue weighted by molar-refractivity contribution is 0.620. The zero-order valence-corrected chi connectivity index (χ0v) is 12.4. The molecule has 0 radical (unpaired) electrons. The predicted molar refractivity (Wildman–Crippen MR) is 85.1 cm³/mol. The molecule has 0 unspecified atom stereocenters. The number of anilines is 1. The fourth-order valence-electron chi connectivity index (χ4n) is 2.58. The molecule has 4 heteroatoms. The van der Waals surface area contributed by atoms with Gasteiger partial charge in [0.2, 0.25) is 0 Å². The number of benzene rings is 2. The van der Waals surface area contributed by atoms with Gasteiger partial charge in [0.15, 0.2) is 0 Å². The molecule has 108 valence electrons. The molecule has 0 atom stereocenters. The van der Waals surface area contributed by atoms with Crippen LogP contribution in [0.2, 0.25) is 0 Å². The summed E-state index contributed by atoms with van der Waals surface area (Å²) in [6.45, 7) is 4.21. The van der Waals surface area contributed by atoms with E-state index in [4.69, 9.17) is 0 Å². The lowest BCUT2D eigenvalue weighted by atomic mass is 10.2. The van der Waals surface area contributed by atoms with Crippen molar-refractivity contribution in [2.24, 2.45) is 0 Å². The van der Waals surface area contributed by atoms with Crippen molar-refractivity contribution in [2.75, 3.05) is 12.4 Å². The van der Waals surface area contributed by atoms with E-state index in [1.165, 1.54) is 12.1 Å². The molecular formula is C17H18FN3. The van der Waals surface area contributed by atoms with Gasteiger partial charge in [-0.05, 0) is 50.2 Å². The van der Waals surface area contributed by atoms with E-state index < -0.39 is 0 Å². The number of hydrogen-bond donors (Lipinski definition) is 1. The van der Waals surface area contributed by atoms with Crippen LogP contribution in [0.5, 0.6) is 0 Å². The van der Waals surface area contributed by atoms with Gasteiger partial charge < -0.3 is 9.88 Å². The van der Waals surface area contributed by atoms with Crippen molar-refractivity contribution < 1.29 is 4.39 Å². The van der Waals surface area contributed by atoms with Crippen molar-refractivity contribution >= 4 is 16.7 Å². The smallest absolute Gasteiger partial charge is 0.141 e. The minimum atomic E-state index is -0.256. The maximum atomic E-state index is 13.4. The third-order valence-electron chi connectivity index (χ3n) is 3.60. The number of aromatic nitrogens is 2. The Balaban J connectivity index is 2.22. The van der Waals surface area contributed by atoms with Gasteiger partial charge in [0.05, 0.1) is 11.0 Å². The molecule has 0 saturated heterocycles. The molecule has 0 amide bonds. The highest BCUT2D eigenvalue weighted by Crippen LogP contribution is 2.29. The first-order valence-electron chi connectivity index (χ1n) is 7.06. The Morgan fingerprint density at radius 1 is 1.10 bits per heavy atom. The highest BCUT2D eigenvalue weighted by Gasteiger charge is 2.15. The second kappa shape index (κ2) is 5.20. The number of halogens is 1. The van der Waals surface area contributed by atoms with Crippen molar-refractivity contribution in [1.29, 1.82) is 0 Å². The summed E-state index contributed by atoms with van der Waals surface area (Å²) < 4.78 is 15.6. The molecule has 3 rings (SSSR count). The molecule has 2 aromatic carbocycles. The van der Waals surface area contributed by atoms with Crippen molar-refractivity contribution in [3.8, 4) is 11.4 Å². The molecule has 0 fully saturated rings. The maximum Gasteiger partial charge on any atom is 0.141 e. The SMILES string of the molecule is CNc1ccc(-c2nc3cc(F)ccc3n2C(C)C)cc1. The molecule has 0 bridgehead atoms.